The summed E-state index contributed by atoms with van der Waals surface area (Å²) in [6.45, 7) is -0.739. The molecule has 4 heteroatoms. The number of aldehydes is 1. The molecule has 0 N–H and O–H groups in total. The lowest BCUT2D eigenvalue weighted by Crippen LogP contribution is -1.99. The number of rotatable bonds is 4. The first-order chi connectivity index (χ1) is 6.27. The summed E-state index contributed by atoms with van der Waals surface area (Å²) >= 11 is 0. The SMILES string of the molecule is O=Cc1ccc(OCCF)cc1F. The van der Waals surface area contributed by atoms with Crippen molar-refractivity contribution in [3.8, 4) is 5.75 Å². The van der Waals surface area contributed by atoms with Crippen LogP contribution in [0.4, 0.5) is 8.78 Å². The molecule has 0 radical (unpaired) electrons. The molecule has 0 saturated carbocycles. The van der Waals surface area contributed by atoms with E-state index in [0.717, 1.165) is 6.07 Å². The van der Waals surface area contributed by atoms with Gasteiger partial charge in [0.15, 0.2) is 6.29 Å². The van der Waals surface area contributed by atoms with Crippen LogP contribution in [0.3, 0.4) is 0 Å². The van der Waals surface area contributed by atoms with E-state index in [1.54, 1.807) is 0 Å². The molecule has 0 spiro atoms. The molecule has 0 unspecified atom stereocenters. The molecule has 1 aromatic rings. The van der Waals surface area contributed by atoms with Crippen LogP contribution < -0.4 is 4.74 Å². The third-order valence-corrected chi connectivity index (χ3v) is 1.44. The van der Waals surface area contributed by atoms with E-state index in [-0.39, 0.29) is 17.9 Å². The van der Waals surface area contributed by atoms with E-state index >= 15 is 0 Å². The number of ether oxygens (including phenoxy) is 1. The number of alkyl halides is 1. The van der Waals surface area contributed by atoms with Crippen LogP contribution >= 0.6 is 0 Å². The summed E-state index contributed by atoms with van der Waals surface area (Å²) < 4.78 is 29.3. The van der Waals surface area contributed by atoms with Crippen molar-refractivity contribution in [2.75, 3.05) is 13.3 Å². The number of hydrogen-bond donors (Lipinski definition) is 0. The van der Waals surface area contributed by atoms with Gasteiger partial charge < -0.3 is 4.74 Å². The Morgan fingerprint density at radius 2 is 2.23 bits per heavy atom. The Balaban J connectivity index is 2.77. The third kappa shape index (κ3) is 2.50. The highest BCUT2D eigenvalue weighted by molar-refractivity contribution is 5.75. The topological polar surface area (TPSA) is 26.3 Å². The van der Waals surface area contributed by atoms with Gasteiger partial charge in [0, 0.05) is 6.07 Å². The van der Waals surface area contributed by atoms with E-state index in [4.69, 9.17) is 4.74 Å². The largest absolute Gasteiger partial charge is 0.491 e. The lowest BCUT2D eigenvalue weighted by molar-refractivity contribution is 0.111. The normalized spacial score (nSPS) is 9.69. The second kappa shape index (κ2) is 4.54. The molecule has 0 fully saturated rings. The Hall–Kier alpha value is -1.45. The summed E-state index contributed by atoms with van der Waals surface area (Å²) in [6, 6.07) is 3.76. The van der Waals surface area contributed by atoms with E-state index in [2.05, 4.69) is 0 Å². The summed E-state index contributed by atoms with van der Waals surface area (Å²) in [5.41, 5.74) is -0.0346. The summed E-state index contributed by atoms with van der Waals surface area (Å²) in [5, 5.41) is 0. The predicted octanol–water partition coefficient (Wildman–Crippen LogP) is 1.99. The van der Waals surface area contributed by atoms with Crippen LogP contribution in [0, 0.1) is 5.82 Å². The van der Waals surface area contributed by atoms with E-state index in [1.807, 2.05) is 0 Å². The molecular weight excluding hydrogens is 178 g/mol. The quantitative estimate of drug-likeness (QED) is 0.672. The van der Waals surface area contributed by atoms with E-state index in [9.17, 15) is 13.6 Å². The Morgan fingerprint density at radius 3 is 2.77 bits per heavy atom. The van der Waals surface area contributed by atoms with Gasteiger partial charge in [0.2, 0.25) is 0 Å². The van der Waals surface area contributed by atoms with Gasteiger partial charge in [-0.2, -0.15) is 0 Å². The van der Waals surface area contributed by atoms with Crippen LogP contribution in [-0.4, -0.2) is 19.6 Å². The first-order valence-electron chi connectivity index (χ1n) is 3.71. The van der Waals surface area contributed by atoms with Crippen LogP contribution in [0.25, 0.3) is 0 Å². The molecule has 0 bridgehead atoms. The summed E-state index contributed by atoms with van der Waals surface area (Å²) in [4.78, 5) is 10.2. The van der Waals surface area contributed by atoms with Gasteiger partial charge >= 0.3 is 0 Å². The van der Waals surface area contributed by atoms with Gasteiger partial charge in [0.1, 0.15) is 24.8 Å². The highest BCUT2D eigenvalue weighted by Crippen LogP contribution is 2.15. The van der Waals surface area contributed by atoms with Crippen molar-refractivity contribution >= 4 is 6.29 Å². The molecule has 0 amide bonds. The monoisotopic (exact) mass is 186 g/mol. The van der Waals surface area contributed by atoms with E-state index in [0.29, 0.717) is 6.29 Å². The molecule has 1 rings (SSSR count). The fourth-order valence-corrected chi connectivity index (χ4v) is 0.850. The number of hydrogen-bond acceptors (Lipinski definition) is 2. The van der Waals surface area contributed by atoms with E-state index < -0.39 is 12.5 Å². The smallest absolute Gasteiger partial charge is 0.152 e. The molecule has 0 aliphatic rings. The highest BCUT2D eigenvalue weighted by Gasteiger charge is 2.02. The van der Waals surface area contributed by atoms with Crippen LogP contribution in [-0.2, 0) is 0 Å². The van der Waals surface area contributed by atoms with Crippen LogP contribution in [0.15, 0.2) is 18.2 Å². The Labute approximate surface area is 74.1 Å². The first-order valence-corrected chi connectivity index (χ1v) is 3.71. The maximum atomic E-state index is 12.9. The van der Waals surface area contributed by atoms with Crippen molar-refractivity contribution in [3.63, 3.8) is 0 Å². The molecule has 0 aliphatic carbocycles. The lowest BCUT2D eigenvalue weighted by atomic mass is 10.2. The zero-order chi connectivity index (χ0) is 9.68. The van der Waals surface area contributed by atoms with Gasteiger partial charge in [-0.05, 0) is 12.1 Å². The zero-order valence-corrected chi connectivity index (χ0v) is 6.80. The average Bonchev–Trinajstić information content (AvgIpc) is 2.15. The van der Waals surface area contributed by atoms with Gasteiger partial charge in [-0.25, -0.2) is 8.78 Å². The van der Waals surface area contributed by atoms with Crippen molar-refractivity contribution < 1.29 is 18.3 Å². The average molecular weight is 186 g/mol. The van der Waals surface area contributed by atoms with Crippen molar-refractivity contribution in [3.05, 3.63) is 29.6 Å². The third-order valence-electron chi connectivity index (χ3n) is 1.44. The number of halogens is 2. The molecule has 0 aromatic heterocycles. The number of carbonyl (C=O) groups excluding carboxylic acids is 1. The van der Waals surface area contributed by atoms with Gasteiger partial charge in [-0.15, -0.1) is 0 Å². The highest BCUT2D eigenvalue weighted by atomic mass is 19.1. The fourth-order valence-electron chi connectivity index (χ4n) is 0.850. The molecule has 0 saturated heterocycles. The Morgan fingerprint density at radius 1 is 1.46 bits per heavy atom. The molecule has 0 heterocycles. The molecule has 0 aliphatic heterocycles. The molecular formula is C9H8F2O2. The van der Waals surface area contributed by atoms with Crippen molar-refractivity contribution in [1.29, 1.82) is 0 Å². The van der Waals surface area contributed by atoms with E-state index in [1.165, 1.54) is 12.1 Å². The van der Waals surface area contributed by atoms with Crippen LogP contribution in [0.2, 0.25) is 0 Å². The van der Waals surface area contributed by atoms with Gasteiger partial charge in [-0.1, -0.05) is 0 Å². The second-order valence-electron chi connectivity index (χ2n) is 2.34. The van der Waals surface area contributed by atoms with Crippen molar-refractivity contribution in [2.45, 2.75) is 0 Å². The first kappa shape index (κ1) is 9.64. The Bertz CT molecular complexity index is 300. The minimum absolute atomic E-state index is 0.0346. The van der Waals surface area contributed by atoms with Gasteiger partial charge in [0.05, 0.1) is 5.56 Å². The minimum Gasteiger partial charge on any atom is -0.491 e. The predicted molar refractivity (Wildman–Crippen MR) is 43.3 cm³/mol. The van der Waals surface area contributed by atoms with Crippen molar-refractivity contribution in [1.82, 2.24) is 0 Å². The zero-order valence-electron chi connectivity index (χ0n) is 6.80. The van der Waals surface area contributed by atoms with Crippen LogP contribution in [0.1, 0.15) is 10.4 Å². The minimum atomic E-state index is -0.661. The molecule has 1 aromatic carbocycles. The number of carbonyl (C=O) groups is 1. The molecule has 0 atom stereocenters. The Kier molecular flexibility index (Phi) is 3.37. The summed E-state index contributed by atoms with van der Waals surface area (Å²) in [6.07, 6.45) is 0.411. The molecule has 70 valence electrons. The van der Waals surface area contributed by atoms with Crippen molar-refractivity contribution in [2.24, 2.45) is 0 Å². The second-order valence-corrected chi connectivity index (χ2v) is 2.34. The summed E-state index contributed by atoms with van der Waals surface area (Å²) in [5.74, 6) is -0.438. The summed E-state index contributed by atoms with van der Waals surface area (Å²) in [7, 11) is 0. The van der Waals surface area contributed by atoms with Crippen LogP contribution in [0.5, 0.6) is 5.75 Å². The maximum absolute atomic E-state index is 12.9. The van der Waals surface area contributed by atoms with Gasteiger partial charge in [0.25, 0.3) is 0 Å². The standard InChI is InChI=1S/C9H8F2O2/c10-3-4-13-8-2-1-7(6-12)9(11)5-8/h1-2,5-6H,3-4H2. The van der Waals surface area contributed by atoms with Gasteiger partial charge in [-0.3, -0.25) is 4.79 Å². The maximum Gasteiger partial charge on any atom is 0.152 e. The molecule has 13 heavy (non-hydrogen) atoms. The fraction of sp³-hybridized carbons (Fsp3) is 0.222. The number of benzene rings is 1. The molecule has 2 nitrogen and oxygen atoms in total. The lowest BCUT2D eigenvalue weighted by Gasteiger charge is -2.03.